The van der Waals surface area contributed by atoms with Crippen LogP contribution in [0.4, 0.5) is 13.2 Å². The van der Waals surface area contributed by atoms with Crippen LogP contribution in [0.15, 0.2) is 89.8 Å². The molecule has 4 aromatic rings. The molecule has 164 valence electrons. The van der Waals surface area contributed by atoms with Crippen LogP contribution >= 0.6 is 0 Å². The summed E-state index contributed by atoms with van der Waals surface area (Å²) in [4.78, 5) is -0.296. The van der Waals surface area contributed by atoms with Gasteiger partial charge in [0, 0.05) is 11.1 Å². The molecule has 1 aromatic heterocycles. The van der Waals surface area contributed by atoms with Crippen molar-refractivity contribution in [2.24, 2.45) is 5.14 Å². The summed E-state index contributed by atoms with van der Waals surface area (Å²) in [7, 11) is -4.21. The molecule has 0 bridgehead atoms. The van der Waals surface area contributed by atoms with Crippen LogP contribution in [0.5, 0.6) is 0 Å². The highest BCUT2D eigenvalue weighted by atomic mass is 32.2. The first-order valence-corrected chi connectivity index (χ1v) is 11.1. The molecule has 0 fully saturated rings. The van der Waals surface area contributed by atoms with Gasteiger partial charge in [0.15, 0.2) is 5.69 Å². The largest absolute Gasteiger partial charge is 0.433 e. The van der Waals surface area contributed by atoms with Gasteiger partial charge in [-0.1, -0.05) is 78.9 Å². The zero-order chi connectivity index (χ0) is 22.9. The number of halogens is 3. The fourth-order valence-electron chi connectivity index (χ4n) is 3.60. The van der Waals surface area contributed by atoms with Crippen molar-refractivity contribution in [2.45, 2.75) is 17.6 Å². The molecular formula is C23H18F3N3O2S. The van der Waals surface area contributed by atoms with Crippen molar-refractivity contribution < 1.29 is 21.6 Å². The highest BCUT2D eigenvalue weighted by Gasteiger charge is 2.41. The van der Waals surface area contributed by atoms with Gasteiger partial charge in [-0.3, -0.25) is 4.68 Å². The van der Waals surface area contributed by atoms with Gasteiger partial charge < -0.3 is 0 Å². The van der Waals surface area contributed by atoms with Crippen LogP contribution in [0, 0.1) is 0 Å². The Bertz CT molecular complexity index is 1350. The lowest BCUT2D eigenvalue weighted by Gasteiger charge is -2.13. The molecule has 0 aliphatic rings. The summed E-state index contributed by atoms with van der Waals surface area (Å²) in [6.45, 7) is -0.146. The number of sulfonamides is 1. The molecule has 5 nitrogen and oxygen atoms in total. The second kappa shape index (κ2) is 8.25. The van der Waals surface area contributed by atoms with Crippen molar-refractivity contribution >= 4 is 10.0 Å². The van der Waals surface area contributed by atoms with Crippen LogP contribution < -0.4 is 5.14 Å². The third-order valence-corrected chi connectivity index (χ3v) is 5.88. The standard InChI is InChI=1S/C23H18F3N3O2S/c24-23(25,26)22-20(17-11-5-2-6-12-17)21(18-13-7-8-14-19(18)32(27,30)31)28-29(22)15-16-9-3-1-4-10-16/h1-14H,15H2,(H2,27,30,31). The number of primary sulfonamides is 1. The third kappa shape index (κ3) is 4.30. The lowest BCUT2D eigenvalue weighted by Crippen LogP contribution is -2.16. The summed E-state index contributed by atoms with van der Waals surface area (Å²) in [6.07, 6.45) is -4.75. The molecule has 0 aliphatic heterocycles. The molecule has 0 spiro atoms. The SMILES string of the molecule is NS(=O)(=O)c1ccccc1-c1nn(Cc2ccccc2)c(C(F)(F)F)c1-c1ccccc1. The maximum atomic E-state index is 14.4. The quantitative estimate of drug-likeness (QED) is 0.462. The molecular weight excluding hydrogens is 439 g/mol. The Morgan fingerprint density at radius 1 is 0.844 bits per heavy atom. The van der Waals surface area contributed by atoms with E-state index in [0.717, 1.165) is 4.68 Å². The normalized spacial score (nSPS) is 12.1. The topological polar surface area (TPSA) is 78.0 Å². The van der Waals surface area contributed by atoms with Crippen molar-refractivity contribution in [3.63, 3.8) is 0 Å². The monoisotopic (exact) mass is 457 g/mol. The molecule has 0 atom stereocenters. The van der Waals surface area contributed by atoms with Gasteiger partial charge in [-0.05, 0) is 17.2 Å². The molecule has 0 radical (unpaired) electrons. The van der Waals surface area contributed by atoms with Crippen LogP contribution in [0.1, 0.15) is 11.3 Å². The minimum atomic E-state index is -4.75. The van der Waals surface area contributed by atoms with Crippen LogP contribution in [-0.4, -0.2) is 18.2 Å². The van der Waals surface area contributed by atoms with E-state index >= 15 is 0 Å². The van der Waals surface area contributed by atoms with E-state index in [0.29, 0.717) is 5.56 Å². The molecule has 0 aliphatic carbocycles. The van der Waals surface area contributed by atoms with E-state index in [1.54, 1.807) is 48.5 Å². The summed E-state index contributed by atoms with van der Waals surface area (Å²) in [6, 6.07) is 22.2. The highest BCUT2D eigenvalue weighted by Crippen LogP contribution is 2.44. The Balaban J connectivity index is 2.07. The second-order valence-electron chi connectivity index (χ2n) is 7.12. The lowest BCUT2D eigenvalue weighted by molar-refractivity contribution is -0.143. The maximum Gasteiger partial charge on any atom is 0.433 e. The minimum Gasteiger partial charge on any atom is -0.255 e. The van der Waals surface area contributed by atoms with Gasteiger partial charge in [-0.15, -0.1) is 0 Å². The fourth-order valence-corrected chi connectivity index (χ4v) is 4.34. The van der Waals surface area contributed by atoms with Crippen molar-refractivity contribution in [3.05, 3.63) is 96.2 Å². The van der Waals surface area contributed by atoms with Gasteiger partial charge >= 0.3 is 6.18 Å². The molecule has 0 unspecified atom stereocenters. The highest BCUT2D eigenvalue weighted by molar-refractivity contribution is 7.89. The van der Waals surface area contributed by atoms with E-state index in [1.807, 2.05) is 0 Å². The number of benzene rings is 3. The van der Waals surface area contributed by atoms with E-state index in [1.165, 1.54) is 36.4 Å². The van der Waals surface area contributed by atoms with E-state index in [4.69, 9.17) is 5.14 Å². The van der Waals surface area contributed by atoms with Crippen LogP contribution in [0.2, 0.25) is 0 Å². The fraction of sp³-hybridized carbons (Fsp3) is 0.0870. The molecule has 9 heteroatoms. The molecule has 4 rings (SSSR count). The Labute approximate surface area is 183 Å². The Hall–Kier alpha value is -3.43. The first kappa shape index (κ1) is 21.8. The van der Waals surface area contributed by atoms with E-state index in [-0.39, 0.29) is 33.8 Å². The number of hydrogen-bond acceptors (Lipinski definition) is 3. The van der Waals surface area contributed by atoms with Crippen molar-refractivity contribution in [1.29, 1.82) is 0 Å². The molecule has 0 amide bonds. The summed E-state index contributed by atoms with van der Waals surface area (Å²) in [5.74, 6) is 0. The third-order valence-electron chi connectivity index (χ3n) is 4.91. The Kier molecular flexibility index (Phi) is 5.62. The van der Waals surface area contributed by atoms with Gasteiger partial charge in [0.05, 0.1) is 11.4 Å². The summed E-state index contributed by atoms with van der Waals surface area (Å²) in [5, 5.41) is 9.62. The van der Waals surface area contributed by atoms with Gasteiger partial charge in [-0.2, -0.15) is 18.3 Å². The maximum absolute atomic E-state index is 14.4. The predicted octanol–water partition coefficient (Wildman–Crippen LogP) is 4.93. The molecule has 0 saturated heterocycles. The molecule has 3 aromatic carbocycles. The zero-order valence-electron chi connectivity index (χ0n) is 16.6. The van der Waals surface area contributed by atoms with Gasteiger partial charge in [0.1, 0.15) is 5.69 Å². The van der Waals surface area contributed by atoms with Crippen LogP contribution in [-0.2, 0) is 22.7 Å². The summed E-state index contributed by atoms with van der Waals surface area (Å²) >= 11 is 0. The van der Waals surface area contributed by atoms with Crippen LogP contribution in [0.3, 0.4) is 0 Å². The van der Waals surface area contributed by atoms with E-state index in [2.05, 4.69) is 5.10 Å². The lowest BCUT2D eigenvalue weighted by atomic mass is 9.98. The molecule has 0 saturated carbocycles. The first-order chi connectivity index (χ1) is 15.2. The van der Waals surface area contributed by atoms with Crippen molar-refractivity contribution in [3.8, 4) is 22.4 Å². The Morgan fingerprint density at radius 2 is 1.41 bits per heavy atom. The molecule has 32 heavy (non-hydrogen) atoms. The van der Waals surface area contributed by atoms with Crippen molar-refractivity contribution in [1.82, 2.24) is 9.78 Å². The van der Waals surface area contributed by atoms with E-state index < -0.39 is 21.9 Å². The average Bonchev–Trinajstić information content (AvgIpc) is 3.14. The second-order valence-corrected chi connectivity index (χ2v) is 8.65. The van der Waals surface area contributed by atoms with Crippen LogP contribution in [0.25, 0.3) is 22.4 Å². The number of aromatic nitrogens is 2. The number of alkyl halides is 3. The number of nitrogens with zero attached hydrogens (tertiary/aromatic N) is 2. The van der Waals surface area contributed by atoms with Gasteiger partial charge in [-0.25, -0.2) is 13.6 Å². The Morgan fingerprint density at radius 3 is 2.00 bits per heavy atom. The average molecular weight is 457 g/mol. The van der Waals surface area contributed by atoms with Gasteiger partial charge in [0.25, 0.3) is 0 Å². The minimum absolute atomic E-state index is 0.00571. The number of hydrogen-bond donors (Lipinski definition) is 1. The summed E-state index contributed by atoms with van der Waals surface area (Å²) in [5.41, 5.74) is -0.392. The van der Waals surface area contributed by atoms with E-state index in [9.17, 15) is 21.6 Å². The zero-order valence-corrected chi connectivity index (χ0v) is 17.4. The molecule has 2 N–H and O–H groups in total. The van der Waals surface area contributed by atoms with Gasteiger partial charge in [0.2, 0.25) is 10.0 Å². The van der Waals surface area contributed by atoms with Crippen molar-refractivity contribution in [2.75, 3.05) is 0 Å². The summed E-state index contributed by atoms with van der Waals surface area (Å²) < 4.78 is 68.3. The predicted molar refractivity (Wildman–Crippen MR) is 115 cm³/mol. The first-order valence-electron chi connectivity index (χ1n) is 9.56. The molecule has 1 heterocycles. The number of rotatable bonds is 5. The number of nitrogens with two attached hydrogens (primary N) is 1. The smallest absolute Gasteiger partial charge is 0.255 e.